The van der Waals surface area contributed by atoms with Gasteiger partial charge in [0.15, 0.2) is 5.78 Å². The monoisotopic (exact) mass is 433 g/mol. The summed E-state index contributed by atoms with van der Waals surface area (Å²) in [6, 6.07) is 0. The van der Waals surface area contributed by atoms with E-state index in [1.807, 2.05) is 0 Å². The van der Waals surface area contributed by atoms with Crippen LogP contribution in [0.4, 0.5) is 0 Å². The van der Waals surface area contributed by atoms with E-state index in [4.69, 9.17) is 18.9 Å². The largest absolute Gasteiger partial charge is 0.469 e. The average Bonchev–Trinajstić information content (AvgIpc) is 2.80. The van der Waals surface area contributed by atoms with Gasteiger partial charge in [0.25, 0.3) is 0 Å². The van der Waals surface area contributed by atoms with E-state index < -0.39 is 47.1 Å². The predicted octanol–water partition coefficient (Wildman–Crippen LogP) is 0.941. The Morgan fingerprint density at radius 1 is 0.871 bits per heavy atom. The smallest absolute Gasteiger partial charge is 0.355 e. The minimum absolute atomic E-state index is 0.0633. The molecule has 2 aliphatic rings. The van der Waals surface area contributed by atoms with Crippen molar-refractivity contribution >= 4 is 29.7 Å². The van der Waals surface area contributed by atoms with Crippen molar-refractivity contribution in [3.05, 3.63) is 47.0 Å². The van der Waals surface area contributed by atoms with Gasteiger partial charge in [-0.3, -0.25) is 14.4 Å². The minimum Gasteiger partial charge on any atom is -0.469 e. The van der Waals surface area contributed by atoms with Crippen LogP contribution in [0.2, 0.25) is 0 Å². The van der Waals surface area contributed by atoms with Gasteiger partial charge in [-0.05, 0) is 12.2 Å². The van der Waals surface area contributed by atoms with Crippen LogP contribution in [0.25, 0.3) is 0 Å². The number of hydrogen-bond donors (Lipinski definition) is 0. The number of fused-ring (bicyclic) bond motifs is 1. The van der Waals surface area contributed by atoms with Gasteiger partial charge in [0, 0.05) is 18.2 Å². The molecule has 0 aromatic heterocycles. The lowest BCUT2D eigenvalue weighted by atomic mass is 9.65. The Labute approximate surface area is 178 Å². The van der Waals surface area contributed by atoms with E-state index in [2.05, 4.69) is 0 Å². The molecule has 0 aromatic carbocycles. The zero-order chi connectivity index (χ0) is 23.3. The molecule has 1 unspecified atom stereocenters. The molecule has 166 valence electrons. The number of hydrogen-bond acceptors (Lipinski definition) is 10. The molecule has 0 N–H and O–H groups in total. The Morgan fingerprint density at radius 2 is 1.52 bits per heavy atom. The molecule has 10 heteroatoms. The summed E-state index contributed by atoms with van der Waals surface area (Å²) in [5.41, 5.74) is -3.31. The van der Waals surface area contributed by atoms with Gasteiger partial charge in [-0.15, -0.1) is 0 Å². The zero-order valence-electron chi connectivity index (χ0n) is 17.8. The Kier molecular flexibility index (Phi) is 7.16. The topological polar surface area (TPSA) is 126 Å². The molecule has 0 bridgehead atoms. The van der Waals surface area contributed by atoms with Crippen LogP contribution < -0.4 is 0 Å². The number of ether oxygens (including phenoxy) is 4. The van der Waals surface area contributed by atoms with Gasteiger partial charge in [0.05, 0.1) is 46.1 Å². The van der Waals surface area contributed by atoms with Crippen molar-refractivity contribution < 1.29 is 42.9 Å². The Morgan fingerprint density at radius 3 is 2.03 bits per heavy atom. The van der Waals surface area contributed by atoms with Gasteiger partial charge in [-0.2, -0.15) is 0 Å². The summed E-state index contributed by atoms with van der Waals surface area (Å²) < 4.78 is 19.4. The average molecular weight is 433 g/mol. The van der Waals surface area contributed by atoms with E-state index >= 15 is 0 Å². The first-order valence-electron chi connectivity index (χ1n) is 9.23. The molecule has 0 aliphatic carbocycles. The molecule has 2 aliphatic heterocycles. The first kappa shape index (κ1) is 23.6. The normalized spacial score (nSPS) is 19.6. The summed E-state index contributed by atoms with van der Waals surface area (Å²) in [5.74, 6) is -4.66. The minimum atomic E-state index is -2.30. The second-order valence-electron chi connectivity index (χ2n) is 6.46. The number of methoxy groups -OCH3 is 4. The Hall–Kier alpha value is -3.69. The van der Waals surface area contributed by atoms with Crippen LogP contribution in [-0.2, 0) is 42.9 Å². The van der Waals surface area contributed by atoms with Crippen LogP contribution in [0.15, 0.2) is 47.0 Å². The quantitative estimate of drug-likeness (QED) is 0.423. The molecule has 31 heavy (non-hydrogen) atoms. The van der Waals surface area contributed by atoms with Crippen molar-refractivity contribution in [2.45, 2.75) is 19.8 Å². The van der Waals surface area contributed by atoms with Crippen LogP contribution in [0, 0.1) is 5.41 Å². The molecule has 0 aromatic rings. The summed E-state index contributed by atoms with van der Waals surface area (Å²) in [6.45, 7) is 1.56. The number of allylic oxidation sites excluding steroid dienone is 3. The molecule has 0 saturated carbocycles. The fourth-order valence-corrected chi connectivity index (χ4v) is 3.65. The fraction of sp³-hybridized carbons (Fsp3) is 0.381. The Bertz CT molecular complexity index is 954. The summed E-state index contributed by atoms with van der Waals surface area (Å²) in [4.78, 5) is 65.8. The molecule has 0 radical (unpaired) electrons. The van der Waals surface area contributed by atoms with Crippen LogP contribution >= 0.6 is 0 Å². The zero-order valence-corrected chi connectivity index (χ0v) is 17.8. The number of rotatable bonds is 7. The second-order valence-corrected chi connectivity index (χ2v) is 6.46. The van der Waals surface area contributed by atoms with Crippen LogP contribution in [0.3, 0.4) is 0 Å². The van der Waals surface area contributed by atoms with E-state index in [0.717, 1.165) is 28.4 Å². The van der Waals surface area contributed by atoms with E-state index in [1.165, 1.54) is 17.2 Å². The summed E-state index contributed by atoms with van der Waals surface area (Å²) in [7, 11) is 4.25. The maximum atomic E-state index is 13.3. The lowest BCUT2D eigenvalue weighted by Crippen LogP contribution is -2.50. The van der Waals surface area contributed by atoms with Gasteiger partial charge in [0.1, 0.15) is 11.1 Å². The van der Waals surface area contributed by atoms with Gasteiger partial charge >= 0.3 is 23.9 Å². The standard InChI is InChI=1S/C21H23NO9/c1-6-13(23)15-12-9-7-8-10-22(12)17(19(26)30-4)16(18(25)29-3)21(15,20(27)31-5)11-14(24)28-2/h7-10H,6,11H2,1-5H3. The number of carbonyl (C=O) groups excluding carboxylic acids is 5. The predicted molar refractivity (Wildman–Crippen MR) is 105 cm³/mol. The molecule has 2 rings (SSSR count). The molecular weight excluding hydrogens is 410 g/mol. The lowest BCUT2D eigenvalue weighted by molar-refractivity contribution is -0.158. The van der Waals surface area contributed by atoms with Crippen LogP contribution in [-0.4, -0.2) is 63.0 Å². The van der Waals surface area contributed by atoms with E-state index in [-0.39, 0.29) is 23.4 Å². The number of ketones is 1. The van der Waals surface area contributed by atoms with Crippen molar-refractivity contribution in [3.63, 3.8) is 0 Å². The third-order valence-corrected chi connectivity index (χ3v) is 4.99. The second kappa shape index (κ2) is 9.41. The molecule has 0 fully saturated rings. The van der Waals surface area contributed by atoms with Gasteiger partial charge in [0.2, 0.25) is 0 Å². The van der Waals surface area contributed by atoms with Crippen molar-refractivity contribution in [3.8, 4) is 0 Å². The lowest BCUT2D eigenvalue weighted by Gasteiger charge is -2.42. The van der Waals surface area contributed by atoms with E-state index in [0.29, 0.717) is 0 Å². The first-order chi connectivity index (χ1) is 14.7. The van der Waals surface area contributed by atoms with Crippen LogP contribution in [0.5, 0.6) is 0 Å². The van der Waals surface area contributed by atoms with Crippen molar-refractivity contribution in [2.75, 3.05) is 28.4 Å². The molecule has 0 saturated heterocycles. The fourth-order valence-electron chi connectivity index (χ4n) is 3.65. The molecule has 0 spiro atoms. The molecule has 0 amide bonds. The third-order valence-electron chi connectivity index (χ3n) is 4.99. The van der Waals surface area contributed by atoms with Gasteiger partial charge in [-0.1, -0.05) is 13.0 Å². The maximum Gasteiger partial charge on any atom is 0.355 e. The first-order valence-corrected chi connectivity index (χ1v) is 9.23. The van der Waals surface area contributed by atoms with Gasteiger partial charge in [-0.25, -0.2) is 9.59 Å². The van der Waals surface area contributed by atoms with Crippen molar-refractivity contribution in [2.24, 2.45) is 5.41 Å². The number of Topliss-reactive ketones (excluding diaryl/α,β-unsaturated/α-hetero) is 1. The number of carbonyl (C=O) groups is 5. The van der Waals surface area contributed by atoms with Gasteiger partial charge < -0.3 is 23.8 Å². The highest BCUT2D eigenvalue weighted by Gasteiger charge is 2.60. The summed E-state index contributed by atoms with van der Waals surface area (Å²) >= 11 is 0. The van der Waals surface area contributed by atoms with Crippen molar-refractivity contribution in [1.29, 1.82) is 0 Å². The SMILES string of the molecule is CCC(=O)C1=C2C=CC=CN2C(C(=O)OC)=C(C(=O)OC)C1(CC(=O)OC)C(=O)OC. The maximum absolute atomic E-state index is 13.3. The van der Waals surface area contributed by atoms with Crippen molar-refractivity contribution in [1.82, 2.24) is 4.90 Å². The van der Waals surface area contributed by atoms with E-state index in [9.17, 15) is 24.0 Å². The number of nitrogens with zero attached hydrogens (tertiary/aromatic N) is 1. The Balaban J connectivity index is 3.14. The van der Waals surface area contributed by atoms with Crippen LogP contribution in [0.1, 0.15) is 19.8 Å². The highest BCUT2D eigenvalue weighted by Crippen LogP contribution is 2.51. The molecular formula is C21H23NO9. The number of esters is 4. The molecule has 2 heterocycles. The molecule has 10 nitrogen and oxygen atoms in total. The summed E-state index contributed by atoms with van der Waals surface area (Å²) in [6.07, 6.45) is 5.19. The summed E-state index contributed by atoms with van der Waals surface area (Å²) in [5, 5.41) is 0. The highest BCUT2D eigenvalue weighted by atomic mass is 16.5. The third kappa shape index (κ3) is 3.76. The van der Waals surface area contributed by atoms with E-state index in [1.54, 1.807) is 19.1 Å². The highest BCUT2D eigenvalue weighted by molar-refractivity contribution is 6.15. The molecule has 1 atom stereocenters.